The minimum absolute atomic E-state index is 0.136. The average molecular weight is 520 g/mol. The lowest BCUT2D eigenvalue weighted by molar-refractivity contribution is -0.136. The van der Waals surface area contributed by atoms with Gasteiger partial charge in [-0.2, -0.15) is 4.31 Å². The summed E-state index contributed by atoms with van der Waals surface area (Å²) in [7, 11) is -3.86. The first kappa shape index (κ1) is 25.3. The number of para-hydroxylation sites is 2. The third kappa shape index (κ3) is 5.08. The number of fused-ring (bicyclic) bond motifs is 1. The molecule has 5 rings (SSSR count). The van der Waals surface area contributed by atoms with Gasteiger partial charge < -0.3 is 14.5 Å². The van der Waals surface area contributed by atoms with E-state index in [-0.39, 0.29) is 17.3 Å². The number of piperazine rings is 1. The SMILES string of the molecule is CCOc1ccccc1N1CCN(C(=O)[C@H]2Cc3ccccc3CN2S(=O)(=O)c2ccc(C)cc2)CC1. The maximum Gasteiger partial charge on any atom is 0.244 e. The number of sulfonamides is 1. The quantitative estimate of drug-likeness (QED) is 0.495. The van der Waals surface area contributed by atoms with Crippen LogP contribution in [0, 0.1) is 6.92 Å². The molecular formula is C29H33N3O4S. The highest BCUT2D eigenvalue weighted by Crippen LogP contribution is 2.32. The van der Waals surface area contributed by atoms with Crippen molar-refractivity contribution in [1.82, 2.24) is 9.21 Å². The van der Waals surface area contributed by atoms with Crippen molar-refractivity contribution >= 4 is 21.6 Å². The second kappa shape index (κ2) is 10.6. The summed E-state index contributed by atoms with van der Waals surface area (Å²) in [6.45, 7) is 7.02. The Bertz CT molecular complexity index is 1370. The van der Waals surface area contributed by atoms with E-state index in [1.807, 2.05) is 67.3 Å². The third-order valence-corrected chi connectivity index (χ3v) is 9.08. The van der Waals surface area contributed by atoms with Crippen LogP contribution in [0.15, 0.2) is 77.7 Å². The molecule has 2 aliphatic rings. The number of ether oxygens (including phenoxy) is 1. The predicted octanol–water partition coefficient (Wildman–Crippen LogP) is 3.86. The van der Waals surface area contributed by atoms with Gasteiger partial charge in [0.1, 0.15) is 11.8 Å². The van der Waals surface area contributed by atoms with Gasteiger partial charge >= 0.3 is 0 Å². The van der Waals surface area contributed by atoms with Crippen LogP contribution < -0.4 is 9.64 Å². The van der Waals surface area contributed by atoms with Crippen LogP contribution >= 0.6 is 0 Å². The van der Waals surface area contributed by atoms with E-state index in [4.69, 9.17) is 4.74 Å². The van der Waals surface area contributed by atoms with E-state index in [0.717, 1.165) is 28.1 Å². The molecule has 7 nitrogen and oxygen atoms in total. The van der Waals surface area contributed by atoms with Crippen LogP contribution in [0.25, 0.3) is 0 Å². The molecule has 0 aromatic heterocycles. The van der Waals surface area contributed by atoms with Crippen LogP contribution in [0.3, 0.4) is 0 Å². The van der Waals surface area contributed by atoms with Gasteiger partial charge in [-0.3, -0.25) is 4.79 Å². The number of carbonyl (C=O) groups is 1. The predicted molar refractivity (Wildman–Crippen MR) is 144 cm³/mol. The van der Waals surface area contributed by atoms with E-state index in [1.165, 1.54) is 4.31 Å². The molecule has 2 aliphatic heterocycles. The standard InChI is InChI=1S/C29H33N3O4S/c1-3-36-28-11-7-6-10-26(28)30-16-18-31(19-17-30)29(33)27-20-23-8-4-5-9-24(23)21-32(27)37(34,35)25-14-12-22(2)13-15-25/h4-15,27H,3,16-21H2,1-2H3/t27-/m1/s1. The maximum absolute atomic E-state index is 13.9. The van der Waals surface area contributed by atoms with Crippen molar-refractivity contribution in [3.8, 4) is 5.75 Å². The molecule has 3 aromatic rings. The highest BCUT2D eigenvalue weighted by Gasteiger charge is 2.41. The number of benzene rings is 3. The molecule has 3 aromatic carbocycles. The smallest absolute Gasteiger partial charge is 0.244 e. The zero-order valence-electron chi connectivity index (χ0n) is 21.3. The largest absolute Gasteiger partial charge is 0.492 e. The van der Waals surface area contributed by atoms with Crippen molar-refractivity contribution in [2.24, 2.45) is 0 Å². The summed E-state index contributed by atoms with van der Waals surface area (Å²) in [6, 6.07) is 21.8. The Kier molecular flexibility index (Phi) is 7.22. The second-order valence-electron chi connectivity index (χ2n) is 9.57. The van der Waals surface area contributed by atoms with Crippen LogP contribution in [-0.2, 0) is 27.8 Å². The molecule has 1 saturated heterocycles. The molecule has 1 atom stereocenters. The van der Waals surface area contributed by atoms with Crippen molar-refractivity contribution in [3.63, 3.8) is 0 Å². The average Bonchev–Trinajstić information content (AvgIpc) is 2.93. The second-order valence-corrected chi connectivity index (χ2v) is 11.5. The molecule has 0 N–H and O–H groups in total. The molecular weight excluding hydrogens is 486 g/mol. The molecule has 1 amide bonds. The minimum atomic E-state index is -3.86. The van der Waals surface area contributed by atoms with E-state index >= 15 is 0 Å². The lowest BCUT2D eigenvalue weighted by Crippen LogP contribution is -2.57. The number of rotatable bonds is 6. The Hall–Kier alpha value is -3.36. The Morgan fingerprint density at radius 3 is 2.24 bits per heavy atom. The van der Waals surface area contributed by atoms with Crippen LogP contribution in [-0.4, -0.2) is 62.4 Å². The van der Waals surface area contributed by atoms with Gasteiger partial charge in [-0.15, -0.1) is 0 Å². The fourth-order valence-corrected chi connectivity index (χ4v) is 6.74. The topological polar surface area (TPSA) is 70.2 Å². The normalized spacial score (nSPS) is 18.4. The van der Waals surface area contributed by atoms with Gasteiger partial charge in [0, 0.05) is 32.7 Å². The number of amides is 1. The summed E-state index contributed by atoms with van der Waals surface area (Å²) in [6.07, 6.45) is 0.369. The zero-order valence-corrected chi connectivity index (χ0v) is 22.2. The van der Waals surface area contributed by atoms with Gasteiger partial charge in [-0.05, 0) is 55.7 Å². The van der Waals surface area contributed by atoms with Crippen molar-refractivity contribution < 1.29 is 17.9 Å². The summed E-state index contributed by atoms with van der Waals surface area (Å²) in [5.41, 5.74) is 3.98. The van der Waals surface area contributed by atoms with Gasteiger partial charge in [0.2, 0.25) is 15.9 Å². The Labute approximate surface area is 219 Å². The summed E-state index contributed by atoms with van der Waals surface area (Å²) >= 11 is 0. The highest BCUT2D eigenvalue weighted by molar-refractivity contribution is 7.89. The summed E-state index contributed by atoms with van der Waals surface area (Å²) in [5.74, 6) is 0.701. The first-order chi connectivity index (χ1) is 17.9. The number of aryl methyl sites for hydroxylation is 1. The number of anilines is 1. The van der Waals surface area contributed by atoms with Crippen LogP contribution in [0.2, 0.25) is 0 Å². The molecule has 8 heteroatoms. The molecule has 1 fully saturated rings. The number of hydrogen-bond acceptors (Lipinski definition) is 5. The lowest BCUT2D eigenvalue weighted by Gasteiger charge is -2.41. The van der Waals surface area contributed by atoms with Gasteiger partial charge in [0.15, 0.2) is 0 Å². The van der Waals surface area contributed by atoms with Crippen LogP contribution in [0.5, 0.6) is 5.75 Å². The van der Waals surface area contributed by atoms with Crippen molar-refractivity contribution in [3.05, 3.63) is 89.5 Å². The Balaban J connectivity index is 1.38. The number of carbonyl (C=O) groups excluding carboxylic acids is 1. The van der Waals surface area contributed by atoms with E-state index in [1.54, 1.807) is 24.3 Å². The van der Waals surface area contributed by atoms with Gasteiger partial charge in [0.25, 0.3) is 0 Å². The Morgan fingerprint density at radius 1 is 0.892 bits per heavy atom. The first-order valence-electron chi connectivity index (χ1n) is 12.8. The molecule has 37 heavy (non-hydrogen) atoms. The summed E-state index contributed by atoms with van der Waals surface area (Å²) < 4.78 is 34.8. The molecule has 0 radical (unpaired) electrons. The third-order valence-electron chi connectivity index (χ3n) is 7.22. The molecule has 0 bridgehead atoms. The molecule has 2 heterocycles. The number of hydrogen-bond donors (Lipinski definition) is 0. The van der Waals surface area contributed by atoms with E-state index in [9.17, 15) is 13.2 Å². The van der Waals surface area contributed by atoms with E-state index in [2.05, 4.69) is 4.90 Å². The van der Waals surface area contributed by atoms with Gasteiger partial charge in [0.05, 0.1) is 17.2 Å². The van der Waals surface area contributed by atoms with E-state index < -0.39 is 16.1 Å². The molecule has 0 spiro atoms. The molecule has 0 aliphatic carbocycles. The maximum atomic E-state index is 13.9. The van der Waals surface area contributed by atoms with Crippen molar-refractivity contribution in [2.45, 2.75) is 37.8 Å². The van der Waals surface area contributed by atoms with Crippen molar-refractivity contribution in [1.29, 1.82) is 0 Å². The molecule has 194 valence electrons. The first-order valence-corrected chi connectivity index (χ1v) is 14.2. The highest BCUT2D eigenvalue weighted by atomic mass is 32.2. The van der Waals surface area contributed by atoms with Crippen LogP contribution in [0.1, 0.15) is 23.6 Å². The zero-order chi connectivity index (χ0) is 26.0. The number of nitrogens with zero attached hydrogens (tertiary/aromatic N) is 3. The minimum Gasteiger partial charge on any atom is -0.492 e. The van der Waals surface area contributed by atoms with E-state index in [0.29, 0.717) is 39.2 Å². The van der Waals surface area contributed by atoms with Crippen LogP contribution in [0.4, 0.5) is 5.69 Å². The summed E-state index contributed by atoms with van der Waals surface area (Å²) in [4.78, 5) is 18.2. The van der Waals surface area contributed by atoms with Gasteiger partial charge in [-0.25, -0.2) is 8.42 Å². The summed E-state index contributed by atoms with van der Waals surface area (Å²) in [5, 5.41) is 0. The van der Waals surface area contributed by atoms with Crippen molar-refractivity contribution in [2.75, 3.05) is 37.7 Å². The fraction of sp³-hybridized carbons (Fsp3) is 0.345. The molecule has 0 saturated carbocycles. The Morgan fingerprint density at radius 2 is 1.54 bits per heavy atom. The molecule has 0 unspecified atom stereocenters. The monoisotopic (exact) mass is 519 g/mol. The fourth-order valence-electron chi connectivity index (χ4n) is 5.18. The van der Waals surface area contributed by atoms with Gasteiger partial charge in [-0.1, -0.05) is 54.1 Å². The lowest BCUT2D eigenvalue weighted by atomic mass is 9.95.